The predicted molar refractivity (Wildman–Crippen MR) is 78.3 cm³/mol. The molecular formula is C15H20FN3O2. The third-order valence-corrected chi connectivity index (χ3v) is 3.43. The van der Waals surface area contributed by atoms with Gasteiger partial charge in [-0.2, -0.15) is 0 Å². The quantitative estimate of drug-likeness (QED) is 0.881. The van der Waals surface area contributed by atoms with Crippen LogP contribution >= 0.6 is 0 Å². The van der Waals surface area contributed by atoms with Gasteiger partial charge in [-0.1, -0.05) is 12.1 Å². The minimum atomic E-state index is -0.444. The number of carbonyl (C=O) groups is 2. The Hall–Kier alpha value is -1.95. The lowest BCUT2D eigenvalue weighted by Gasteiger charge is -2.32. The Morgan fingerprint density at radius 2 is 2.14 bits per heavy atom. The standard InChI is InChI=1S/C15H20FN3O2/c1-11(20)17-12-5-4-8-19(9-12)10-15(21)18-14-7-3-2-6-13(14)16/h2-3,6-7,12H,4-5,8-10H2,1H3,(H,17,20)(H,18,21). The summed E-state index contributed by atoms with van der Waals surface area (Å²) in [5, 5.41) is 5.44. The summed E-state index contributed by atoms with van der Waals surface area (Å²) in [6.07, 6.45) is 1.85. The molecule has 114 valence electrons. The van der Waals surface area contributed by atoms with E-state index in [-0.39, 0.29) is 30.1 Å². The lowest BCUT2D eigenvalue weighted by molar-refractivity contribution is -0.120. The van der Waals surface area contributed by atoms with E-state index in [1.807, 2.05) is 4.90 Å². The van der Waals surface area contributed by atoms with Gasteiger partial charge in [0.15, 0.2) is 0 Å². The molecule has 0 radical (unpaired) electrons. The van der Waals surface area contributed by atoms with Crippen molar-refractivity contribution in [2.24, 2.45) is 0 Å². The van der Waals surface area contributed by atoms with Crippen LogP contribution in [-0.2, 0) is 9.59 Å². The summed E-state index contributed by atoms with van der Waals surface area (Å²) in [4.78, 5) is 25.0. The maximum Gasteiger partial charge on any atom is 0.238 e. The maximum absolute atomic E-state index is 13.5. The average molecular weight is 293 g/mol. The lowest BCUT2D eigenvalue weighted by Crippen LogP contribution is -2.49. The van der Waals surface area contributed by atoms with E-state index in [1.165, 1.54) is 19.1 Å². The number of carbonyl (C=O) groups excluding carboxylic acids is 2. The third-order valence-electron chi connectivity index (χ3n) is 3.43. The van der Waals surface area contributed by atoms with Crippen LogP contribution in [0.2, 0.25) is 0 Å². The molecule has 1 aromatic carbocycles. The second-order valence-electron chi connectivity index (χ2n) is 5.30. The van der Waals surface area contributed by atoms with Gasteiger partial charge in [0.25, 0.3) is 0 Å². The van der Waals surface area contributed by atoms with E-state index in [0.29, 0.717) is 6.54 Å². The van der Waals surface area contributed by atoms with Crippen molar-refractivity contribution in [3.05, 3.63) is 30.1 Å². The molecule has 2 N–H and O–H groups in total. The molecule has 1 aromatic rings. The molecule has 1 aliphatic rings. The Morgan fingerprint density at radius 3 is 2.86 bits per heavy atom. The molecule has 2 amide bonds. The summed E-state index contributed by atoms with van der Waals surface area (Å²) in [5.74, 6) is -0.748. The van der Waals surface area contributed by atoms with Crippen molar-refractivity contribution in [3.63, 3.8) is 0 Å². The molecule has 1 fully saturated rings. The first-order valence-corrected chi connectivity index (χ1v) is 7.08. The third kappa shape index (κ3) is 4.82. The maximum atomic E-state index is 13.5. The fourth-order valence-corrected chi connectivity index (χ4v) is 2.56. The molecule has 1 atom stereocenters. The fraction of sp³-hybridized carbons (Fsp3) is 0.467. The highest BCUT2D eigenvalue weighted by Gasteiger charge is 2.22. The van der Waals surface area contributed by atoms with Crippen LogP contribution in [0.25, 0.3) is 0 Å². The minimum Gasteiger partial charge on any atom is -0.352 e. The van der Waals surface area contributed by atoms with Crippen molar-refractivity contribution in [2.45, 2.75) is 25.8 Å². The predicted octanol–water partition coefficient (Wildman–Crippen LogP) is 1.36. The zero-order valence-corrected chi connectivity index (χ0v) is 12.1. The van der Waals surface area contributed by atoms with Crippen LogP contribution in [0.3, 0.4) is 0 Å². The summed E-state index contributed by atoms with van der Waals surface area (Å²) in [5.41, 5.74) is 0.193. The van der Waals surface area contributed by atoms with E-state index < -0.39 is 5.82 Å². The van der Waals surface area contributed by atoms with Crippen molar-refractivity contribution in [2.75, 3.05) is 25.0 Å². The van der Waals surface area contributed by atoms with Crippen LogP contribution in [0.5, 0.6) is 0 Å². The Balaban J connectivity index is 1.85. The molecule has 0 saturated carbocycles. The van der Waals surface area contributed by atoms with Crippen molar-refractivity contribution in [1.29, 1.82) is 0 Å². The van der Waals surface area contributed by atoms with Crippen LogP contribution < -0.4 is 10.6 Å². The number of anilines is 1. The van der Waals surface area contributed by atoms with E-state index in [9.17, 15) is 14.0 Å². The molecule has 21 heavy (non-hydrogen) atoms. The molecule has 1 saturated heterocycles. The minimum absolute atomic E-state index is 0.0577. The number of halogens is 1. The first kappa shape index (κ1) is 15.4. The number of para-hydroxylation sites is 1. The van der Waals surface area contributed by atoms with Crippen molar-refractivity contribution in [3.8, 4) is 0 Å². The molecule has 0 spiro atoms. The average Bonchev–Trinajstić information content (AvgIpc) is 2.41. The highest BCUT2D eigenvalue weighted by Crippen LogP contribution is 2.13. The zero-order valence-electron chi connectivity index (χ0n) is 12.1. The van der Waals surface area contributed by atoms with Gasteiger partial charge in [-0.25, -0.2) is 4.39 Å². The largest absolute Gasteiger partial charge is 0.352 e. The van der Waals surface area contributed by atoms with Gasteiger partial charge in [0.2, 0.25) is 11.8 Å². The first-order valence-electron chi connectivity index (χ1n) is 7.08. The molecule has 1 unspecified atom stereocenters. The number of nitrogens with zero attached hydrogens (tertiary/aromatic N) is 1. The molecule has 6 heteroatoms. The second-order valence-corrected chi connectivity index (χ2v) is 5.30. The van der Waals surface area contributed by atoms with Gasteiger partial charge in [0, 0.05) is 19.5 Å². The molecule has 0 aliphatic carbocycles. The molecule has 1 heterocycles. The Morgan fingerprint density at radius 1 is 1.38 bits per heavy atom. The summed E-state index contributed by atoms with van der Waals surface area (Å²) in [6, 6.07) is 6.17. The SMILES string of the molecule is CC(=O)NC1CCCN(CC(=O)Nc2ccccc2F)C1. The number of hydrogen-bond acceptors (Lipinski definition) is 3. The van der Waals surface area contributed by atoms with Gasteiger partial charge in [-0.05, 0) is 31.5 Å². The fourth-order valence-electron chi connectivity index (χ4n) is 2.56. The van der Waals surface area contributed by atoms with Crippen LogP contribution in [0.1, 0.15) is 19.8 Å². The van der Waals surface area contributed by atoms with Crippen LogP contribution in [0, 0.1) is 5.82 Å². The first-order chi connectivity index (χ1) is 10.0. The molecule has 0 aromatic heterocycles. The number of hydrogen-bond donors (Lipinski definition) is 2. The van der Waals surface area contributed by atoms with Gasteiger partial charge >= 0.3 is 0 Å². The second kappa shape index (κ2) is 7.17. The van der Waals surface area contributed by atoms with Crippen molar-refractivity contribution >= 4 is 17.5 Å². The Bertz CT molecular complexity index is 521. The molecule has 1 aliphatic heterocycles. The van der Waals surface area contributed by atoms with Crippen LogP contribution in [0.15, 0.2) is 24.3 Å². The number of nitrogens with one attached hydrogen (secondary N) is 2. The molecular weight excluding hydrogens is 273 g/mol. The van der Waals surface area contributed by atoms with E-state index in [0.717, 1.165) is 19.4 Å². The van der Waals surface area contributed by atoms with Gasteiger partial charge < -0.3 is 10.6 Å². The van der Waals surface area contributed by atoms with Crippen molar-refractivity contribution < 1.29 is 14.0 Å². The van der Waals surface area contributed by atoms with Crippen LogP contribution in [0.4, 0.5) is 10.1 Å². The summed E-state index contributed by atoms with van der Waals surface area (Å²) in [6.45, 7) is 3.14. The van der Waals surface area contributed by atoms with E-state index in [2.05, 4.69) is 10.6 Å². The molecule has 0 bridgehead atoms. The zero-order chi connectivity index (χ0) is 15.2. The number of likely N-dealkylation sites (tertiary alicyclic amines) is 1. The molecule has 2 rings (SSSR count). The highest BCUT2D eigenvalue weighted by atomic mass is 19.1. The van der Waals surface area contributed by atoms with E-state index in [4.69, 9.17) is 0 Å². The summed E-state index contributed by atoms with van der Waals surface area (Å²) >= 11 is 0. The topological polar surface area (TPSA) is 61.4 Å². The monoisotopic (exact) mass is 293 g/mol. The van der Waals surface area contributed by atoms with Crippen LogP contribution in [-0.4, -0.2) is 42.4 Å². The van der Waals surface area contributed by atoms with Crippen molar-refractivity contribution in [1.82, 2.24) is 10.2 Å². The number of piperidine rings is 1. The summed E-state index contributed by atoms with van der Waals surface area (Å²) in [7, 11) is 0. The smallest absolute Gasteiger partial charge is 0.238 e. The van der Waals surface area contributed by atoms with Gasteiger partial charge in [0.1, 0.15) is 5.82 Å². The molecule has 5 nitrogen and oxygen atoms in total. The summed E-state index contributed by atoms with van der Waals surface area (Å²) < 4.78 is 13.5. The van der Waals surface area contributed by atoms with Gasteiger partial charge in [-0.15, -0.1) is 0 Å². The number of benzene rings is 1. The lowest BCUT2D eigenvalue weighted by atomic mass is 10.1. The van der Waals surface area contributed by atoms with Gasteiger partial charge in [0.05, 0.1) is 12.2 Å². The van der Waals surface area contributed by atoms with Gasteiger partial charge in [-0.3, -0.25) is 14.5 Å². The Kier molecular flexibility index (Phi) is 5.27. The van der Waals surface area contributed by atoms with E-state index in [1.54, 1.807) is 12.1 Å². The highest BCUT2D eigenvalue weighted by molar-refractivity contribution is 5.92. The number of amides is 2. The van der Waals surface area contributed by atoms with E-state index >= 15 is 0 Å². The number of rotatable bonds is 4. The normalized spacial score (nSPS) is 19.0. The Labute approximate surface area is 123 Å².